The molecule has 0 aliphatic heterocycles. The molecule has 0 unspecified atom stereocenters. The van der Waals surface area contributed by atoms with Gasteiger partial charge < -0.3 is 14.8 Å². The van der Waals surface area contributed by atoms with Crippen molar-refractivity contribution in [1.82, 2.24) is 10.2 Å². The zero-order valence-corrected chi connectivity index (χ0v) is 14.0. The number of rotatable bonds is 16. The van der Waals surface area contributed by atoms with E-state index in [0.29, 0.717) is 0 Å². The summed E-state index contributed by atoms with van der Waals surface area (Å²) in [5.74, 6) is 0. The minimum atomic E-state index is 0.808. The summed E-state index contributed by atoms with van der Waals surface area (Å²) in [6.07, 6.45) is 5.08. The number of nitrogens with zero attached hydrogens (tertiary/aromatic N) is 1. The summed E-state index contributed by atoms with van der Waals surface area (Å²) in [7, 11) is 0. The molecule has 0 aromatic carbocycles. The van der Waals surface area contributed by atoms with Crippen LogP contribution in [-0.2, 0) is 9.47 Å². The first-order valence-corrected chi connectivity index (χ1v) is 8.43. The Labute approximate surface area is 126 Å². The van der Waals surface area contributed by atoms with Crippen LogP contribution in [-0.4, -0.2) is 64.1 Å². The molecule has 0 radical (unpaired) electrons. The third kappa shape index (κ3) is 14.3. The monoisotopic (exact) mass is 288 g/mol. The third-order valence-electron chi connectivity index (χ3n) is 3.27. The second-order valence-corrected chi connectivity index (χ2v) is 5.05. The molecular weight excluding hydrogens is 252 g/mol. The van der Waals surface area contributed by atoms with Crippen LogP contribution in [0.4, 0.5) is 0 Å². The van der Waals surface area contributed by atoms with Gasteiger partial charge in [0, 0.05) is 26.3 Å². The minimum Gasteiger partial charge on any atom is -0.380 e. The molecule has 122 valence electrons. The lowest BCUT2D eigenvalue weighted by Gasteiger charge is -2.22. The second-order valence-electron chi connectivity index (χ2n) is 5.05. The molecule has 0 saturated carbocycles. The van der Waals surface area contributed by atoms with E-state index in [2.05, 4.69) is 17.1 Å². The molecule has 0 atom stereocenters. The van der Waals surface area contributed by atoms with Crippen LogP contribution >= 0.6 is 0 Å². The van der Waals surface area contributed by atoms with Gasteiger partial charge in [-0.3, -0.25) is 4.90 Å². The first kappa shape index (κ1) is 19.8. The maximum absolute atomic E-state index is 5.45. The smallest absolute Gasteiger partial charge is 0.0593 e. The highest BCUT2D eigenvalue weighted by molar-refractivity contribution is 4.58. The Hall–Kier alpha value is -0.160. The molecule has 0 amide bonds. The number of ether oxygens (including phenoxy) is 2. The normalized spacial score (nSPS) is 11.4. The number of hydrogen-bond donors (Lipinski definition) is 1. The van der Waals surface area contributed by atoms with E-state index < -0.39 is 0 Å². The molecule has 0 rings (SSSR count). The summed E-state index contributed by atoms with van der Waals surface area (Å²) >= 11 is 0. The van der Waals surface area contributed by atoms with E-state index in [1.807, 2.05) is 13.8 Å². The van der Waals surface area contributed by atoms with Crippen LogP contribution < -0.4 is 5.32 Å². The SMILES string of the molecule is CCCNCCCCCN(CCOCC)CCOCC. The minimum absolute atomic E-state index is 0.808. The molecule has 0 aliphatic carbocycles. The summed E-state index contributed by atoms with van der Waals surface area (Å²) in [5, 5.41) is 3.45. The zero-order chi connectivity index (χ0) is 14.9. The van der Waals surface area contributed by atoms with Crippen LogP contribution in [0.15, 0.2) is 0 Å². The maximum atomic E-state index is 5.45. The van der Waals surface area contributed by atoms with Gasteiger partial charge in [-0.25, -0.2) is 0 Å². The quantitative estimate of drug-likeness (QED) is 0.443. The van der Waals surface area contributed by atoms with Crippen LogP contribution in [0.1, 0.15) is 46.5 Å². The highest BCUT2D eigenvalue weighted by Gasteiger charge is 2.04. The van der Waals surface area contributed by atoms with Crippen molar-refractivity contribution in [2.45, 2.75) is 46.5 Å². The number of nitrogens with one attached hydrogen (secondary N) is 1. The van der Waals surface area contributed by atoms with Gasteiger partial charge in [0.1, 0.15) is 0 Å². The largest absolute Gasteiger partial charge is 0.380 e. The van der Waals surface area contributed by atoms with Gasteiger partial charge in [0.2, 0.25) is 0 Å². The fourth-order valence-corrected chi connectivity index (χ4v) is 2.08. The van der Waals surface area contributed by atoms with Crippen molar-refractivity contribution in [1.29, 1.82) is 0 Å². The lowest BCUT2D eigenvalue weighted by molar-refractivity contribution is 0.0820. The van der Waals surface area contributed by atoms with E-state index in [1.165, 1.54) is 25.7 Å². The predicted octanol–water partition coefficient (Wildman–Crippen LogP) is 2.53. The molecule has 1 N–H and O–H groups in total. The molecule has 0 aromatic rings. The molecule has 20 heavy (non-hydrogen) atoms. The average Bonchev–Trinajstić information content (AvgIpc) is 2.46. The highest BCUT2D eigenvalue weighted by Crippen LogP contribution is 1.99. The van der Waals surface area contributed by atoms with Crippen LogP contribution in [0.2, 0.25) is 0 Å². The van der Waals surface area contributed by atoms with Crippen LogP contribution in [0.25, 0.3) is 0 Å². The van der Waals surface area contributed by atoms with Crippen molar-refractivity contribution >= 4 is 0 Å². The van der Waals surface area contributed by atoms with Gasteiger partial charge in [-0.1, -0.05) is 13.3 Å². The first-order chi connectivity index (χ1) is 9.85. The van der Waals surface area contributed by atoms with E-state index in [-0.39, 0.29) is 0 Å². The van der Waals surface area contributed by atoms with Crippen molar-refractivity contribution in [3.63, 3.8) is 0 Å². The number of hydrogen-bond acceptors (Lipinski definition) is 4. The Balaban J connectivity index is 3.56. The number of unbranched alkanes of at least 4 members (excludes halogenated alkanes) is 2. The van der Waals surface area contributed by atoms with Crippen LogP contribution in [0, 0.1) is 0 Å². The third-order valence-corrected chi connectivity index (χ3v) is 3.27. The Kier molecular flexibility index (Phi) is 16.8. The van der Waals surface area contributed by atoms with E-state index in [1.54, 1.807) is 0 Å². The van der Waals surface area contributed by atoms with Crippen LogP contribution in [0.3, 0.4) is 0 Å². The van der Waals surface area contributed by atoms with Gasteiger partial charge in [-0.05, 0) is 52.7 Å². The molecule has 0 heterocycles. The zero-order valence-electron chi connectivity index (χ0n) is 14.0. The maximum Gasteiger partial charge on any atom is 0.0593 e. The van der Waals surface area contributed by atoms with Crippen molar-refractivity contribution in [3.05, 3.63) is 0 Å². The molecule has 4 heteroatoms. The molecule has 0 aromatic heterocycles. The van der Waals surface area contributed by atoms with Crippen molar-refractivity contribution < 1.29 is 9.47 Å². The van der Waals surface area contributed by atoms with E-state index in [9.17, 15) is 0 Å². The molecule has 0 fully saturated rings. The van der Waals surface area contributed by atoms with Crippen molar-refractivity contribution in [2.24, 2.45) is 0 Å². The fourth-order valence-electron chi connectivity index (χ4n) is 2.08. The van der Waals surface area contributed by atoms with Crippen LogP contribution in [0.5, 0.6) is 0 Å². The average molecular weight is 288 g/mol. The summed E-state index contributed by atoms with van der Waals surface area (Å²) in [6, 6.07) is 0. The Morgan fingerprint density at radius 2 is 1.40 bits per heavy atom. The lowest BCUT2D eigenvalue weighted by atomic mass is 10.2. The van der Waals surface area contributed by atoms with E-state index in [0.717, 1.165) is 59.2 Å². The Morgan fingerprint density at radius 1 is 0.750 bits per heavy atom. The van der Waals surface area contributed by atoms with Gasteiger partial charge >= 0.3 is 0 Å². The second kappa shape index (κ2) is 16.9. The lowest BCUT2D eigenvalue weighted by Crippen LogP contribution is -2.32. The predicted molar refractivity (Wildman–Crippen MR) is 86.4 cm³/mol. The Bertz CT molecular complexity index is 170. The highest BCUT2D eigenvalue weighted by atomic mass is 16.5. The van der Waals surface area contributed by atoms with E-state index >= 15 is 0 Å². The summed E-state index contributed by atoms with van der Waals surface area (Å²) in [6.45, 7) is 15.1. The molecule has 4 nitrogen and oxygen atoms in total. The van der Waals surface area contributed by atoms with Gasteiger partial charge in [-0.15, -0.1) is 0 Å². The summed E-state index contributed by atoms with van der Waals surface area (Å²) < 4.78 is 10.9. The van der Waals surface area contributed by atoms with Gasteiger partial charge in [0.05, 0.1) is 13.2 Å². The van der Waals surface area contributed by atoms with Crippen molar-refractivity contribution in [2.75, 3.05) is 59.2 Å². The molecule has 0 aliphatic rings. The van der Waals surface area contributed by atoms with Gasteiger partial charge in [-0.2, -0.15) is 0 Å². The molecule has 0 bridgehead atoms. The standard InChI is InChI=1S/C16H36N2O2/c1-4-10-17-11-8-7-9-12-18(13-15-19-5-2)14-16-20-6-3/h17H,4-16H2,1-3H3. The van der Waals surface area contributed by atoms with Gasteiger partial charge in [0.15, 0.2) is 0 Å². The Morgan fingerprint density at radius 3 is 1.95 bits per heavy atom. The molecule has 0 spiro atoms. The molecule has 0 saturated heterocycles. The van der Waals surface area contributed by atoms with Gasteiger partial charge in [0.25, 0.3) is 0 Å². The van der Waals surface area contributed by atoms with Crippen molar-refractivity contribution in [3.8, 4) is 0 Å². The fraction of sp³-hybridized carbons (Fsp3) is 1.00. The van der Waals surface area contributed by atoms with E-state index in [4.69, 9.17) is 9.47 Å². The topological polar surface area (TPSA) is 33.7 Å². The molecular formula is C16H36N2O2. The first-order valence-electron chi connectivity index (χ1n) is 8.43. The summed E-state index contributed by atoms with van der Waals surface area (Å²) in [4.78, 5) is 2.46. The summed E-state index contributed by atoms with van der Waals surface area (Å²) in [5.41, 5.74) is 0.